The lowest BCUT2D eigenvalue weighted by molar-refractivity contribution is -0.285. The summed E-state index contributed by atoms with van der Waals surface area (Å²) >= 11 is 0. The van der Waals surface area contributed by atoms with Crippen molar-refractivity contribution in [2.24, 2.45) is 47.3 Å². The fraction of sp³-hybridized carbons (Fsp3) is 0.419. The summed E-state index contributed by atoms with van der Waals surface area (Å²) in [6, 6.07) is 27.4. The van der Waals surface area contributed by atoms with Gasteiger partial charge in [0.1, 0.15) is 5.75 Å². The SMILES string of the molecule is Cc1cc(OC(=O)/C=C/c2ccccc2)cc(N2C(=O)CC3C4CC(C(=O)N(c5cc(C(=O)NC6CC(C)(C)N(OCC(C)c7ccccc7)C(C)(C)C6)cc(N6C(=O)CC7C8CC(C(=O)N(C)C8=O)C7C6=O)c5)C4=O)C3C2=O)c1. The van der Waals surface area contributed by atoms with E-state index in [2.05, 4.69) is 24.4 Å². The number of nitrogens with one attached hydrogen (secondary N) is 1. The van der Waals surface area contributed by atoms with Gasteiger partial charge in [0.2, 0.25) is 47.3 Å². The highest BCUT2D eigenvalue weighted by Gasteiger charge is 2.64. The standard InChI is InChI=1S/C62H64N6O12/c1-33-20-39(25-42(21-33)80-51(71)19-18-35-14-10-8-11-15-35)65-49(69)29-44-46-27-48(53(44)60(65)78)58(76)67(57(46)75)41-23-37(22-40(24-41)66-50(70)28-43-45-26-47(52(43)59(66)77)56(74)64(7)55(45)73)54(72)63-38-30-61(3,4)68(62(5,6)31-38)79-32-34(2)36-16-12-9-13-17-36/h8-25,34,38,43-48,52-53H,26-32H2,1-7H3,(H,63,72)/b19-18+. The smallest absolute Gasteiger partial charge is 0.336 e. The second-order valence-corrected chi connectivity index (χ2v) is 24.1. The monoisotopic (exact) mass is 1080 g/mol. The fourth-order valence-electron chi connectivity index (χ4n) is 14.4. The summed E-state index contributed by atoms with van der Waals surface area (Å²) in [5.74, 6) is -13.7. The van der Waals surface area contributed by atoms with Crippen LogP contribution in [0.15, 0.2) is 103 Å². The van der Waals surface area contributed by atoms with Crippen molar-refractivity contribution in [2.75, 3.05) is 28.4 Å². The van der Waals surface area contributed by atoms with Crippen LogP contribution in [0.5, 0.6) is 5.75 Å². The molecule has 11 rings (SSSR count). The zero-order chi connectivity index (χ0) is 56.9. The number of esters is 1. The Hall–Kier alpha value is -7.96. The number of aryl methyl sites for hydroxylation is 1. The molecule has 18 heteroatoms. The summed E-state index contributed by atoms with van der Waals surface area (Å²) in [5, 5.41) is 5.17. The molecule has 18 nitrogen and oxygen atoms in total. The van der Waals surface area contributed by atoms with Gasteiger partial charge in [0.05, 0.1) is 47.3 Å². The van der Waals surface area contributed by atoms with E-state index in [0.29, 0.717) is 25.0 Å². The Kier molecular flexibility index (Phi) is 13.7. The van der Waals surface area contributed by atoms with Gasteiger partial charge in [-0.2, -0.15) is 5.06 Å². The molecule has 1 N–H and O–H groups in total. The normalized spacial score (nSPS) is 27.7. The molecule has 80 heavy (non-hydrogen) atoms. The average Bonchev–Trinajstić information content (AvgIpc) is 4.02. The van der Waals surface area contributed by atoms with Crippen LogP contribution >= 0.6 is 0 Å². The molecule has 5 aliphatic heterocycles. The van der Waals surface area contributed by atoms with Crippen LogP contribution in [0.2, 0.25) is 0 Å². The summed E-state index contributed by atoms with van der Waals surface area (Å²) in [4.78, 5) is 153. The van der Waals surface area contributed by atoms with Crippen molar-refractivity contribution in [3.8, 4) is 5.75 Å². The number of hydrogen-bond donors (Lipinski definition) is 1. The number of benzene rings is 4. The van der Waals surface area contributed by atoms with Crippen molar-refractivity contribution >= 4 is 82.3 Å². The quantitative estimate of drug-likeness (QED) is 0.0659. The minimum Gasteiger partial charge on any atom is -0.423 e. The second kappa shape index (κ2) is 20.3. The van der Waals surface area contributed by atoms with Gasteiger partial charge in [-0.05, 0) is 125 Å². The predicted molar refractivity (Wildman–Crippen MR) is 292 cm³/mol. The number of rotatable bonds is 12. The third-order valence-corrected chi connectivity index (χ3v) is 17.7. The van der Waals surface area contributed by atoms with Crippen LogP contribution in [-0.2, 0) is 48.0 Å². The number of piperidine rings is 5. The number of likely N-dealkylation sites (tertiary alicyclic amines) is 1. The highest BCUT2D eigenvalue weighted by molar-refractivity contribution is 6.25. The molecule has 0 radical (unpaired) electrons. The summed E-state index contributed by atoms with van der Waals surface area (Å²) in [5.41, 5.74) is 1.09. The molecule has 0 aromatic heterocycles. The zero-order valence-electron chi connectivity index (χ0n) is 45.8. The minimum absolute atomic E-state index is 0.0249. The Bertz CT molecular complexity index is 3320. The summed E-state index contributed by atoms with van der Waals surface area (Å²) in [6.07, 6.45) is 3.33. The number of amides is 9. The number of anilines is 3. The summed E-state index contributed by atoms with van der Waals surface area (Å²) in [7, 11) is 1.37. The van der Waals surface area contributed by atoms with E-state index in [1.165, 1.54) is 37.4 Å². The van der Waals surface area contributed by atoms with Gasteiger partial charge in [-0.1, -0.05) is 67.6 Å². The molecule has 4 aromatic carbocycles. The van der Waals surface area contributed by atoms with Crippen LogP contribution in [0.3, 0.4) is 0 Å². The van der Waals surface area contributed by atoms with Gasteiger partial charge in [-0.3, -0.25) is 62.7 Å². The van der Waals surface area contributed by atoms with Crippen molar-refractivity contribution in [1.82, 2.24) is 15.3 Å². The Balaban J connectivity index is 0.891. The van der Waals surface area contributed by atoms with Crippen LogP contribution in [0.25, 0.3) is 6.08 Å². The van der Waals surface area contributed by atoms with Crippen LogP contribution in [0.4, 0.5) is 17.1 Å². The van der Waals surface area contributed by atoms with Gasteiger partial charge < -0.3 is 10.1 Å². The van der Waals surface area contributed by atoms with E-state index >= 15 is 4.79 Å². The van der Waals surface area contributed by atoms with Crippen molar-refractivity contribution < 1.29 is 57.5 Å². The van der Waals surface area contributed by atoms with E-state index in [4.69, 9.17) is 9.57 Å². The van der Waals surface area contributed by atoms with Crippen LogP contribution in [0.1, 0.15) is 106 Å². The molecule has 414 valence electrons. The van der Waals surface area contributed by atoms with E-state index in [-0.39, 0.29) is 60.0 Å². The van der Waals surface area contributed by atoms with Crippen LogP contribution in [-0.4, -0.2) is 99.9 Å². The fourth-order valence-corrected chi connectivity index (χ4v) is 14.4. The molecule has 0 spiro atoms. The molecule has 9 unspecified atom stereocenters. The number of carbonyl (C=O) groups is 10. The van der Waals surface area contributed by atoms with Gasteiger partial charge in [0, 0.05) is 72.5 Å². The highest BCUT2D eigenvalue weighted by Crippen LogP contribution is 2.54. The number of carbonyl (C=O) groups excluding carboxylic acids is 10. The van der Waals surface area contributed by atoms with Gasteiger partial charge in [-0.25, -0.2) is 9.69 Å². The number of imide groups is 4. The lowest BCUT2D eigenvalue weighted by atomic mass is 9.79. The number of hydrogen-bond acceptors (Lipinski definition) is 13. The van der Waals surface area contributed by atoms with Gasteiger partial charge >= 0.3 is 5.97 Å². The Morgan fingerprint density at radius 1 is 0.637 bits per heavy atom. The zero-order valence-corrected chi connectivity index (χ0v) is 45.8. The predicted octanol–water partition coefficient (Wildman–Crippen LogP) is 6.94. The van der Waals surface area contributed by atoms with E-state index < -0.39 is 124 Å². The van der Waals surface area contributed by atoms with E-state index in [0.717, 1.165) is 30.7 Å². The maximum atomic E-state index is 15.1. The molecule has 2 saturated carbocycles. The maximum absolute atomic E-state index is 15.1. The van der Waals surface area contributed by atoms with Gasteiger partial charge in [0.25, 0.3) is 5.91 Å². The number of ether oxygens (including phenoxy) is 1. The Labute approximate surface area is 463 Å². The van der Waals surface area contributed by atoms with Crippen molar-refractivity contribution in [1.29, 1.82) is 0 Å². The summed E-state index contributed by atoms with van der Waals surface area (Å²) < 4.78 is 5.62. The van der Waals surface area contributed by atoms with Gasteiger partial charge in [0.15, 0.2) is 0 Å². The highest BCUT2D eigenvalue weighted by atomic mass is 16.7. The topological polar surface area (TPSA) is 217 Å². The molecule has 5 saturated heterocycles. The second-order valence-electron chi connectivity index (χ2n) is 24.1. The Morgan fingerprint density at radius 2 is 1.15 bits per heavy atom. The molecular formula is C62H64N6O12. The van der Waals surface area contributed by atoms with E-state index in [1.807, 2.05) is 81.3 Å². The number of fused-ring (bicyclic) bond motifs is 10. The first-order valence-electron chi connectivity index (χ1n) is 27.4. The van der Waals surface area contributed by atoms with Gasteiger partial charge in [-0.15, -0.1) is 0 Å². The molecule has 4 aromatic rings. The maximum Gasteiger partial charge on any atom is 0.336 e. The minimum atomic E-state index is -1.11. The molecule has 4 bridgehead atoms. The first-order valence-corrected chi connectivity index (χ1v) is 27.4. The third kappa shape index (κ3) is 9.44. The van der Waals surface area contributed by atoms with Crippen molar-refractivity contribution in [2.45, 2.75) is 103 Å². The van der Waals surface area contributed by atoms with E-state index in [9.17, 15) is 43.2 Å². The molecule has 7 aliphatic rings. The van der Waals surface area contributed by atoms with Crippen LogP contribution < -0.4 is 24.8 Å². The third-order valence-electron chi connectivity index (χ3n) is 17.7. The average molecular weight is 1090 g/mol. The first kappa shape index (κ1) is 54.0. The van der Waals surface area contributed by atoms with Crippen LogP contribution in [0, 0.1) is 54.3 Å². The lowest BCUT2D eigenvalue weighted by Crippen LogP contribution is -2.64. The largest absolute Gasteiger partial charge is 0.423 e. The Morgan fingerprint density at radius 3 is 1.75 bits per heavy atom. The first-order chi connectivity index (χ1) is 38.0. The molecule has 5 heterocycles. The molecule has 9 atom stereocenters. The van der Waals surface area contributed by atoms with E-state index in [1.54, 1.807) is 25.1 Å². The van der Waals surface area contributed by atoms with Crippen molar-refractivity contribution in [3.05, 3.63) is 125 Å². The van der Waals surface area contributed by atoms with Crippen molar-refractivity contribution in [3.63, 3.8) is 0 Å². The lowest BCUT2D eigenvalue weighted by Gasteiger charge is -2.54. The molecule has 7 fully saturated rings. The summed E-state index contributed by atoms with van der Waals surface area (Å²) in [6.45, 7) is 12.4. The number of nitrogens with zero attached hydrogens (tertiary/aromatic N) is 5. The molecular weight excluding hydrogens is 1020 g/mol. The molecule has 9 amide bonds. The number of hydroxylamine groups is 2. The molecule has 2 aliphatic carbocycles.